The number of aromatic nitrogens is 2. The number of thioether (sulfide) groups is 1. The second kappa shape index (κ2) is 8.61. The molecule has 0 saturated carbocycles. The molecule has 1 aromatic carbocycles. The number of nitrogens with zero attached hydrogens (tertiary/aromatic N) is 3. The number of likely N-dealkylation sites (tertiary alicyclic amines) is 1. The van der Waals surface area contributed by atoms with E-state index in [9.17, 15) is 4.79 Å². The number of fused-ring (bicyclic) bond motifs is 1. The van der Waals surface area contributed by atoms with Gasteiger partial charge in [0.25, 0.3) is 0 Å². The van der Waals surface area contributed by atoms with E-state index in [0.29, 0.717) is 38.7 Å². The minimum atomic E-state index is 0.0740. The second-order valence-electron chi connectivity index (χ2n) is 7.32. The van der Waals surface area contributed by atoms with Crippen molar-refractivity contribution in [3.8, 4) is 0 Å². The fourth-order valence-electron chi connectivity index (χ4n) is 3.84. The molecule has 1 aromatic heterocycles. The lowest BCUT2D eigenvalue weighted by Gasteiger charge is -2.22. The maximum absolute atomic E-state index is 12.7. The van der Waals surface area contributed by atoms with Crippen LogP contribution < -0.4 is 10.6 Å². The van der Waals surface area contributed by atoms with E-state index < -0.39 is 0 Å². The van der Waals surface area contributed by atoms with Gasteiger partial charge in [0.15, 0.2) is 0 Å². The van der Waals surface area contributed by atoms with E-state index in [1.807, 2.05) is 16.7 Å². The molecule has 150 valence electrons. The SMILES string of the molecule is CC1SCCC1N[C@@H]1CCN(C(=O)CNc2ncnc3cc(Cl)c(Cl)cc23)C1. The number of carbonyl (C=O) groups excluding carboxylic acids is 1. The third-order valence-corrected chi connectivity index (χ3v) is 7.50. The molecule has 0 aliphatic carbocycles. The van der Waals surface area contributed by atoms with Gasteiger partial charge in [0.05, 0.1) is 22.1 Å². The van der Waals surface area contributed by atoms with Crippen molar-refractivity contribution in [2.24, 2.45) is 0 Å². The molecule has 28 heavy (non-hydrogen) atoms. The number of benzene rings is 1. The Morgan fingerprint density at radius 3 is 2.89 bits per heavy atom. The number of rotatable bonds is 5. The van der Waals surface area contributed by atoms with Gasteiger partial charge in [0.1, 0.15) is 12.1 Å². The Balaban J connectivity index is 1.35. The summed E-state index contributed by atoms with van der Waals surface area (Å²) in [5.74, 6) is 1.88. The van der Waals surface area contributed by atoms with Crippen LogP contribution >= 0.6 is 35.0 Å². The van der Waals surface area contributed by atoms with Crippen LogP contribution in [0.1, 0.15) is 19.8 Å². The molecule has 4 rings (SSSR count). The molecular formula is C19H23Cl2N5OS. The lowest BCUT2D eigenvalue weighted by molar-refractivity contribution is -0.128. The van der Waals surface area contributed by atoms with E-state index in [1.54, 1.807) is 12.1 Å². The van der Waals surface area contributed by atoms with E-state index in [-0.39, 0.29) is 12.5 Å². The molecule has 9 heteroatoms. The molecule has 0 spiro atoms. The summed E-state index contributed by atoms with van der Waals surface area (Å²) < 4.78 is 0. The van der Waals surface area contributed by atoms with Crippen LogP contribution in [0.25, 0.3) is 10.9 Å². The zero-order valence-electron chi connectivity index (χ0n) is 15.6. The maximum atomic E-state index is 12.7. The minimum Gasteiger partial charge on any atom is -0.360 e. The molecule has 6 nitrogen and oxygen atoms in total. The van der Waals surface area contributed by atoms with Gasteiger partial charge in [-0.25, -0.2) is 9.97 Å². The van der Waals surface area contributed by atoms with Crippen molar-refractivity contribution >= 4 is 57.6 Å². The Kier molecular flexibility index (Phi) is 6.16. The average Bonchev–Trinajstić information content (AvgIpc) is 3.31. The molecule has 2 aliphatic rings. The fraction of sp³-hybridized carbons (Fsp3) is 0.526. The molecule has 3 heterocycles. The number of halogens is 2. The van der Waals surface area contributed by atoms with E-state index in [1.165, 1.54) is 18.5 Å². The van der Waals surface area contributed by atoms with E-state index in [2.05, 4.69) is 27.5 Å². The Labute approximate surface area is 178 Å². The van der Waals surface area contributed by atoms with Gasteiger partial charge < -0.3 is 15.5 Å². The summed E-state index contributed by atoms with van der Waals surface area (Å²) in [5, 5.41) is 9.16. The Hall–Kier alpha value is -1.28. The van der Waals surface area contributed by atoms with Crippen molar-refractivity contribution in [3.63, 3.8) is 0 Å². The second-order valence-corrected chi connectivity index (χ2v) is 9.62. The van der Waals surface area contributed by atoms with Gasteiger partial charge in [-0.05, 0) is 30.7 Å². The summed E-state index contributed by atoms with van der Waals surface area (Å²) >= 11 is 14.2. The molecule has 2 aromatic rings. The normalized spacial score (nSPS) is 24.8. The summed E-state index contributed by atoms with van der Waals surface area (Å²) in [5.41, 5.74) is 0.688. The molecule has 0 radical (unpaired) electrons. The first kappa shape index (κ1) is 20.0. The first-order valence-electron chi connectivity index (χ1n) is 9.50. The van der Waals surface area contributed by atoms with Crippen molar-refractivity contribution in [1.82, 2.24) is 20.2 Å². The van der Waals surface area contributed by atoms with Gasteiger partial charge >= 0.3 is 0 Å². The van der Waals surface area contributed by atoms with E-state index >= 15 is 0 Å². The molecule has 2 aliphatic heterocycles. The monoisotopic (exact) mass is 439 g/mol. The van der Waals surface area contributed by atoms with Crippen molar-refractivity contribution in [3.05, 3.63) is 28.5 Å². The molecule has 2 saturated heterocycles. The van der Waals surface area contributed by atoms with Crippen LogP contribution in [0.5, 0.6) is 0 Å². The third-order valence-electron chi connectivity index (χ3n) is 5.45. The van der Waals surface area contributed by atoms with Crippen LogP contribution in [0.2, 0.25) is 10.0 Å². The molecular weight excluding hydrogens is 417 g/mol. The molecule has 2 fully saturated rings. The van der Waals surface area contributed by atoms with Gasteiger partial charge in [-0.1, -0.05) is 30.1 Å². The largest absolute Gasteiger partial charge is 0.360 e. The first-order chi connectivity index (χ1) is 13.5. The van der Waals surface area contributed by atoms with Crippen LogP contribution in [0.4, 0.5) is 5.82 Å². The zero-order valence-corrected chi connectivity index (χ0v) is 17.9. The van der Waals surface area contributed by atoms with Crippen LogP contribution in [0, 0.1) is 0 Å². The summed E-state index contributed by atoms with van der Waals surface area (Å²) in [6.45, 7) is 4.02. The van der Waals surface area contributed by atoms with Crippen LogP contribution in [0.15, 0.2) is 18.5 Å². The van der Waals surface area contributed by atoms with Crippen molar-refractivity contribution in [2.75, 3.05) is 30.7 Å². The number of hydrogen-bond acceptors (Lipinski definition) is 6. The van der Waals surface area contributed by atoms with Gasteiger partial charge in [0, 0.05) is 35.8 Å². The Bertz CT molecular complexity index is 883. The Morgan fingerprint density at radius 1 is 1.29 bits per heavy atom. The summed E-state index contributed by atoms with van der Waals surface area (Å²) in [7, 11) is 0. The Morgan fingerprint density at radius 2 is 2.11 bits per heavy atom. The molecule has 0 bridgehead atoms. The molecule has 2 unspecified atom stereocenters. The number of carbonyl (C=O) groups is 1. The standard InChI is InChI=1S/C19H23Cl2N5OS/c1-11-16(3-5-28-11)25-12-2-4-26(9-12)18(27)8-22-19-13-6-14(20)15(21)7-17(13)23-10-24-19/h6-7,10-12,16,25H,2-5,8-9H2,1H3,(H,22,23,24)/t11?,12-,16?/m1/s1. The lowest BCUT2D eigenvalue weighted by Crippen LogP contribution is -2.43. The highest BCUT2D eigenvalue weighted by Gasteiger charge is 2.31. The highest BCUT2D eigenvalue weighted by atomic mass is 35.5. The van der Waals surface area contributed by atoms with E-state index in [4.69, 9.17) is 23.2 Å². The first-order valence-corrected chi connectivity index (χ1v) is 11.3. The number of anilines is 1. The quantitative estimate of drug-likeness (QED) is 0.743. The molecule has 2 N–H and O–H groups in total. The lowest BCUT2D eigenvalue weighted by atomic mass is 10.1. The van der Waals surface area contributed by atoms with Gasteiger partial charge in [-0.3, -0.25) is 4.79 Å². The summed E-state index contributed by atoms with van der Waals surface area (Å²) in [4.78, 5) is 23.1. The molecule has 1 amide bonds. The topological polar surface area (TPSA) is 70.2 Å². The third kappa shape index (κ3) is 4.32. The zero-order chi connectivity index (χ0) is 19.7. The highest BCUT2D eigenvalue weighted by Crippen LogP contribution is 2.30. The average molecular weight is 440 g/mol. The number of amides is 1. The number of nitrogens with one attached hydrogen (secondary N) is 2. The summed E-state index contributed by atoms with van der Waals surface area (Å²) in [6.07, 6.45) is 3.67. The molecule has 3 atom stereocenters. The van der Waals surface area contributed by atoms with Gasteiger partial charge in [0.2, 0.25) is 5.91 Å². The van der Waals surface area contributed by atoms with Crippen molar-refractivity contribution < 1.29 is 4.79 Å². The highest BCUT2D eigenvalue weighted by molar-refractivity contribution is 8.00. The predicted molar refractivity (Wildman–Crippen MR) is 116 cm³/mol. The van der Waals surface area contributed by atoms with Gasteiger partial charge in [-0.2, -0.15) is 11.8 Å². The van der Waals surface area contributed by atoms with Gasteiger partial charge in [-0.15, -0.1) is 0 Å². The van der Waals surface area contributed by atoms with E-state index in [0.717, 1.165) is 24.9 Å². The van der Waals surface area contributed by atoms with Crippen LogP contribution in [0.3, 0.4) is 0 Å². The summed E-state index contributed by atoms with van der Waals surface area (Å²) in [6, 6.07) is 4.37. The number of hydrogen-bond donors (Lipinski definition) is 2. The van der Waals surface area contributed by atoms with Crippen molar-refractivity contribution in [1.29, 1.82) is 0 Å². The van der Waals surface area contributed by atoms with Crippen LogP contribution in [-0.4, -0.2) is 63.5 Å². The van der Waals surface area contributed by atoms with Crippen molar-refractivity contribution in [2.45, 2.75) is 37.1 Å². The van der Waals surface area contributed by atoms with Crippen LogP contribution in [-0.2, 0) is 4.79 Å². The predicted octanol–water partition coefficient (Wildman–Crippen LogP) is 3.43. The minimum absolute atomic E-state index is 0.0740. The fourth-order valence-corrected chi connectivity index (χ4v) is 5.37. The smallest absolute Gasteiger partial charge is 0.241 e. The maximum Gasteiger partial charge on any atom is 0.241 e.